The Morgan fingerprint density at radius 2 is 1.92 bits per heavy atom. The summed E-state index contributed by atoms with van der Waals surface area (Å²) in [5, 5.41) is 3.84. The van der Waals surface area contributed by atoms with Crippen LogP contribution in [0.5, 0.6) is 0 Å². The predicted molar refractivity (Wildman–Crippen MR) is 104 cm³/mol. The van der Waals surface area contributed by atoms with E-state index in [4.69, 9.17) is 0 Å². The first-order chi connectivity index (χ1) is 11.7. The van der Waals surface area contributed by atoms with Gasteiger partial charge in [-0.3, -0.25) is 14.9 Å². The van der Waals surface area contributed by atoms with E-state index in [2.05, 4.69) is 38.0 Å². The Morgan fingerprint density at radius 1 is 1.24 bits per heavy atom. The van der Waals surface area contributed by atoms with Crippen molar-refractivity contribution in [2.45, 2.75) is 50.7 Å². The number of carbonyl (C=O) groups excluding carboxylic acids is 2. The third-order valence-electron chi connectivity index (χ3n) is 3.94. The zero-order chi connectivity index (χ0) is 18.2. The molecule has 0 radical (unpaired) electrons. The average molecular weight is 375 g/mol. The molecule has 1 aromatic heterocycles. The maximum Gasteiger partial charge on any atom is 0.257 e. The lowest BCUT2D eigenvalue weighted by molar-refractivity contribution is 0.0915. The summed E-state index contributed by atoms with van der Waals surface area (Å²) in [7, 11) is 0. The first-order valence-corrected chi connectivity index (χ1v) is 10.0. The van der Waals surface area contributed by atoms with Gasteiger partial charge in [0.05, 0.1) is 10.6 Å². The minimum Gasteiger partial charge on any atom is -0.298 e. The number of rotatable bonds is 4. The van der Waals surface area contributed by atoms with Crippen molar-refractivity contribution in [3.8, 4) is 0 Å². The monoisotopic (exact) mass is 374 g/mol. The summed E-state index contributed by atoms with van der Waals surface area (Å²) in [6.45, 7) is 8.42. The van der Waals surface area contributed by atoms with Gasteiger partial charge in [0.25, 0.3) is 5.91 Å². The van der Waals surface area contributed by atoms with E-state index in [1.165, 1.54) is 11.3 Å². The molecule has 1 N–H and O–H groups in total. The number of thiazole rings is 1. The van der Waals surface area contributed by atoms with E-state index in [1.807, 2.05) is 24.3 Å². The second-order valence-corrected chi connectivity index (χ2v) is 10.0. The molecule has 2 aromatic rings. The Kier molecular flexibility index (Phi) is 5.02. The quantitative estimate of drug-likeness (QED) is 0.761. The topological polar surface area (TPSA) is 59.1 Å². The van der Waals surface area contributed by atoms with E-state index in [0.29, 0.717) is 27.2 Å². The number of Topliss-reactive ketones (excluding diaryl/α,β-unsaturated/α-hetero) is 1. The maximum absolute atomic E-state index is 12.4. The third kappa shape index (κ3) is 4.30. The smallest absolute Gasteiger partial charge is 0.257 e. The fraction of sp³-hybridized carbons (Fsp3) is 0.421. The van der Waals surface area contributed by atoms with E-state index in [-0.39, 0.29) is 17.1 Å². The molecule has 132 valence electrons. The van der Waals surface area contributed by atoms with Crippen LogP contribution in [-0.2, 0) is 6.42 Å². The highest BCUT2D eigenvalue weighted by atomic mass is 32.2. The molecule has 0 atom stereocenters. The SMILES string of the molecule is CC(C)Sc1ccc(C(=O)Nc2nc3c(s2)C(=O)CC(C)(C)C3)cc1. The van der Waals surface area contributed by atoms with Gasteiger partial charge in [0.2, 0.25) is 0 Å². The van der Waals surface area contributed by atoms with Gasteiger partial charge in [-0.15, -0.1) is 11.8 Å². The van der Waals surface area contributed by atoms with Crippen molar-refractivity contribution >= 4 is 39.9 Å². The molecule has 4 nitrogen and oxygen atoms in total. The van der Waals surface area contributed by atoms with Crippen molar-refractivity contribution in [1.82, 2.24) is 4.98 Å². The third-order valence-corrected chi connectivity index (χ3v) is 6.01. The van der Waals surface area contributed by atoms with Crippen molar-refractivity contribution in [2.75, 3.05) is 5.32 Å². The van der Waals surface area contributed by atoms with Crippen LogP contribution in [0.1, 0.15) is 59.8 Å². The van der Waals surface area contributed by atoms with E-state index >= 15 is 0 Å². The van der Waals surface area contributed by atoms with Gasteiger partial charge in [0.1, 0.15) is 0 Å². The summed E-state index contributed by atoms with van der Waals surface area (Å²) in [5.74, 6) is -0.0711. The van der Waals surface area contributed by atoms with Crippen LogP contribution in [0.3, 0.4) is 0 Å². The molecule has 6 heteroatoms. The molecule has 25 heavy (non-hydrogen) atoms. The van der Waals surface area contributed by atoms with Crippen LogP contribution in [0.2, 0.25) is 0 Å². The summed E-state index contributed by atoms with van der Waals surface area (Å²) >= 11 is 3.04. The number of nitrogens with zero attached hydrogens (tertiary/aromatic N) is 1. The average Bonchev–Trinajstić information content (AvgIpc) is 2.88. The zero-order valence-corrected chi connectivity index (χ0v) is 16.5. The van der Waals surface area contributed by atoms with Crippen molar-refractivity contribution < 1.29 is 9.59 Å². The highest BCUT2D eigenvalue weighted by Gasteiger charge is 2.34. The van der Waals surface area contributed by atoms with Gasteiger partial charge in [0.15, 0.2) is 10.9 Å². The van der Waals surface area contributed by atoms with Crippen molar-refractivity contribution in [2.24, 2.45) is 5.41 Å². The van der Waals surface area contributed by atoms with Crippen LogP contribution in [-0.4, -0.2) is 21.9 Å². The molecular formula is C19H22N2O2S2. The Hall–Kier alpha value is -1.66. The van der Waals surface area contributed by atoms with Crippen molar-refractivity contribution in [3.05, 3.63) is 40.4 Å². The lowest BCUT2D eigenvalue weighted by Gasteiger charge is -2.26. The number of benzene rings is 1. The second kappa shape index (κ2) is 6.92. The molecule has 1 amide bonds. The van der Waals surface area contributed by atoms with E-state index in [0.717, 1.165) is 17.0 Å². The summed E-state index contributed by atoms with van der Waals surface area (Å²) in [4.78, 5) is 31.0. The minimum atomic E-state index is -0.195. The largest absolute Gasteiger partial charge is 0.298 e. The van der Waals surface area contributed by atoms with Gasteiger partial charge < -0.3 is 0 Å². The molecule has 0 saturated carbocycles. The number of thioether (sulfide) groups is 1. The molecule has 0 unspecified atom stereocenters. The Labute approximate surface area is 156 Å². The molecule has 1 aromatic carbocycles. The van der Waals surface area contributed by atoms with Crippen LogP contribution in [0.4, 0.5) is 5.13 Å². The van der Waals surface area contributed by atoms with Gasteiger partial charge in [-0.25, -0.2) is 4.98 Å². The number of anilines is 1. The number of hydrogen-bond acceptors (Lipinski definition) is 5. The molecule has 0 bridgehead atoms. The number of hydrogen-bond donors (Lipinski definition) is 1. The molecule has 1 heterocycles. The molecule has 3 rings (SSSR count). The molecule has 0 spiro atoms. The molecule has 0 saturated heterocycles. The lowest BCUT2D eigenvalue weighted by atomic mass is 9.78. The summed E-state index contributed by atoms with van der Waals surface area (Å²) in [6, 6.07) is 7.56. The van der Waals surface area contributed by atoms with E-state index < -0.39 is 0 Å². The first kappa shape index (κ1) is 18.1. The number of nitrogens with one attached hydrogen (secondary N) is 1. The van der Waals surface area contributed by atoms with Gasteiger partial charge >= 0.3 is 0 Å². The lowest BCUT2D eigenvalue weighted by Crippen LogP contribution is -2.26. The number of amides is 1. The number of carbonyl (C=O) groups is 2. The summed E-state index contributed by atoms with van der Waals surface area (Å²) in [6.07, 6.45) is 1.30. The Bertz CT molecular complexity index is 807. The van der Waals surface area contributed by atoms with Crippen LogP contribution in [0, 0.1) is 5.41 Å². The van der Waals surface area contributed by atoms with E-state index in [1.54, 1.807) is 11.8 Å². The Balaban J connectivity index is 1.73. The normalized spacial score (nSPS) is 16.0. The van der Waals surface area contributed by atoms with Gasteiger partial charge in [-0.1, -0.05) is 39.0 Å². The molecule has 0 fully saturated rings. The zero-order valence-electron chi connectivity index (χ0n) is 14.9. The highest BCUT2D eigenvalue weighted by Crippen LogP contribution is 2.38. The number of fused-ring (bicyclic) bond motifs is 1. The molecular weight excluding hydrogens is 352 g/mol. The van der Waals surface area contributed by atoms with Crippen LogP contribution < -0.4 is 5.32 Å². The van der Waals surface area contributed by atoms with Crippen LogP contribution >= 0.6 is 23.1 Å². The predicted octanol–water partition coefficient (Wildman–Crippen LogP) is 5.05. The standard InChI is InChI=1S/C19H22N2O2S2/c1-11(2)24-13-7-5-12(6-8-13)17(23)21-18-20-14-9-19(3,4)10-15(22)16(14)25-18/h5-8,11H,9-10H2,1-4H3,(H,20,21,23). The number of aromatic nitrogens is 1. The fourth-order valence-corrected chi connectivity index (χ4v) is 4.65. The van der Waals surface area contributed by atoms with Gasteiger partial charge in [-0.05, 0) is 36.1 Å². The van der Waals surface area contributed by atoms with Crippen molar-refractivity contribution in [3.63, 3.8) is 0 Å². The second-order valence-electron chi connectivity index (χ2n) is 7.38. The van der Waals surface area contributed by atoms with Gasteiger partial charge in [0, 0.05) is 22.1 Å². The van der Waals surface area contributed by atoms with Crippen molar-refractivity contribution in [1.29, 1.82) is 0 Å². The maximum atomic E-state index is 12.4. The minimum absolute atomic E-state index is 0.0661. The van der Waals surface area contributed by atoms with Gasteiger partial charge in [-0.2, -0.15) is 0 Å². The van der Waals surface area contributed by atoms with E-state index in [9.17, 15) is 9.59 Å². The fourth-order valence-electron chi connectivity index (χ4n) is 2.90. The molecule has 1 aliphatic rings. The highest BCUT2D eigenvalue weighted by molar-refractivity contribution is 7.99. The van der Waals surface area contributed by atoms with Crippen LogP contribution in [0.15, 0.2) is 29.2 Å². The summed E-state index contributed by atoms with van der Waals surface area (Å²) < 4.78 is 0. The summed E-state index contributed by atoms with van der Waals surface area (Å²) in [5.41, 5.74) is 1.33. The van der Waals surface area contributed by atoms with Crippen LogP contribution in [0.25, 0.3) is 0 Å². The molecule has 0 aliphatic heterocycles. The molecule has 1 aliphatic carbocycles. The Morgan fingerprint density at radius 3 is 2.56 bits per heavy atom. The number of ketones is 1. The first-order valence-electron chi connectivity index (χ1n) is 8.34.